The van der Waals surface area contributed by atoms with Crippen LogP contribution in [0.2, 0.25) is 0 Å². The fourth-order valence-electron chi connectivity index (χ4n) is 2.45. The molecule has 1 nitrogen and oxygen atoms in total. The molecule has 1 fully saturated rings. The van der Waals surface area contributed by atoms with Gasteiger partial charge < -0.3 is 5.32 Å². The van der Waals surface area contributed by atoms with Gasteiger partial charge in [0, 0.05) is 12.1 Å². The maximum atomic E-state index is 3.81. The minimum atomic E-state index is 0.727. The van der Waals surface area contributed by atoms with E-state index in [4.69, 9.17) is 0 Å². The van der Waals surface area contributed by atoms with Crippen molar-refractivity contribution in [3.63, 3.8) is 0 Å². The Bertz CT molecular complexity index is 142. The van der Waals surface area contributed by atoms with Crippen LogP contribution >= 0.6 is 0 Å². The average molecular weight is 183 g/mol. The van der Waals surface area contributed by atoms with Gasteiger partial charge in [-0.15, -0.1) is 0 Å². The Morgan fingerprint density at radius 2 is 2.00 bits per heavy atom. The maximum absolute atomic E-state index is 3.81. The van der Waals surface area contributed by atoms with Crippen molar-refractivity contribution in [1.29, 1.82) is 0 Å². The lowest BCUT2D eigenvalue weighted by Gasteiger charge is -2.27. The first-order valence-corrected chi connectivity index (χ1v) is 5.91. The monoisotopic (exact) mass is 183 g/mol. The van der Waals surface area contributed by atoms with Gasteiger partial charge in [0.15, 0.2) is 0 Å². The van der Waals surface area contributed by atoms with E-state index in [1.807, 2.05) is 0 Å². The van der Waals surface area contributed by atoms with Crippen LogP contribution in [-0.4, -0.2) is 12.1 Å². The maximum Gasteiger partial charge on any atom is 0.00953 e. The fourth-order valence-corrected chi connectivity index (χ4v) is 2.45. The lowest BCUT2D eigenvalue weighted by atomic mass is 9.98. The van der Waals surface area contributed by atoms with Gasteiger partial charge >= 0.3 is 0 Å². The molecule has 3 atom stereocenters. The number of hydrogen-bond donors (Lipinski definition) is 1. The summed E-state index contributed by atoms with van der Waals surface area (Å²) in [6.07, 6.45) is 5.50. The van der Waals surface area contributed by atoms with Gasteiger partial charge in [-0.2, -0.15) is 0 Å². The number of rotatable bonds is 4. The zero-order valence-corrected chi connectivity index (χ0v) is 9.64. The van der Waals surface area contributed by atoms with E-state index in [1.54, 1.807) is 0 Å². The van der Waals surface area contributed by atoms with Gasteiger partial charge in [0.1, 0.15) is 0 Å². The van der Waals surface area contributed by atoms with Crippen LogP contribution in [0, 0.1) is 11.8 Å². The summed E-state index contributed by atoms with van der Waals surface area (Å²) in [6, 6.07) is 1.53. The van der Waals surface area contributed by atoms with Crippen LogP contribution in [0.5, 0.6) is 0 Å². The Hall–Kier alpha value is -0.0400. The van der Waals surface area contributed by atoms with Crippen LogP contribution in [-0.2, 0) is 0 Å². The second-order valence-electron chi connectivity index (χ2n) is 4.94. The van der Waals surface area contributed by atoms with Gasteiger partial charge in [-0.3, -0.25) is 0 Å². The van der Waals surface area contributed by atoms with Crippen molar-refractivity contribution in [2.24, 2.45) is 11.8 Å². The highest BCUT2D eigenvalue weighted by atomic mass is 15.0. The summed E-state index contributed by atoms with van der Waals surface area (Å²) in [5.41, 5.74) is 0. The van der Waals surface area contributed by atoms with Gasteiger partial charge in [-0.25, -0.2) is 0 Å². The summed E-state index contributed by atoms with van der Waals surface area (Å²) < 4.78 is 0. The van der Waals surface area contributed by atoms with E-state index >= 15 is 0 Å². The van der Waals surface area contributed by atoms with Gasteiger partial charge in [-0.05, 0) is 31.1 Å². The molecule has 0 bridgehead atoms. The van der Waals surface area contributed by atoms with Gasteiger partial charge in [0.2, 0.25) is 0 Å². The molecule has 0 aliphatic heterocycles. The molecular formula is C12H25N. The Labute approximate surface area is 83.3 Å². The third-order valence-electron chi connectivity index (χ3n) is 3.53. The Morgan fingerprint density at radius 1 is 1.31 bits per heavy atom. The second-order valence-corrected chi connectivity index (χ2v) is 4.94. The Morgan fingerprint density at radius 3 is 2.38 bits per heavy atom. The van der Waals surface area contributed by atoms with Crippen molar-refractivity contribution < 1.29 is 0 Å². The summed E-state index contributed by atoms with van der Waals surface area (Å²) in [7, 11) is 0. The molecule has 0 amide bonds. The normalized spacial score (nSPS) is 31.2. The van der Waals surface area contributed by atoms with E-state index < -0.39 is 0 Å². The molecule has 13 heavy (non-hydrogen) atoms. The molecule has 1 rings (SSSR count). The van der Waals surface area contributed by atoms with Gasteiger partial charge in [0.25, 0.3) is 0 Å². The largest absolute Gasteiger partial charge is 0.311 e. The quantitative estimate of drug-likeness (QED) is 0.706. The zero-order chi connectivity index (χ0) is 9.84. The first kappa shape index (κ1) is 11.0. The minimum absolute atomic E-state index is 0.727. The first-order chi connectivity index (χ1) is 6.15. The Kier molecular flexibility index (Phi) is 4.24. The molecule has 0 spiro atoms. The summed E-state index contributed by atoms with van der Waals surface area (Å²) in [5, 5.41) is 3.81. The van der Waals surface area contributed by atoms with Gasteiger partial charge in [0.05, 0.1) is 0 Å². The molecule has 0 aromatic heterocycles. The average Bonchev–Trinajstić information content (AvgIpc) is 2.46. The molecule has 0 saturated heterocycles. The summed E-state index contributed by atoms with van der Waals surface area (Å²) in [6.45, 7) is 9.32. The smallest absolute Gasteiger partial charge is 0.00953 e. The van der Waals surface area contributed by atoms with E-state index in [2.05, 4.69) is 33.0 Å². The van der Waals surface area contributed by atoms with Crippen molar-refractivity contribution in [2.75, 3.05) is 0 Å². The van der Waals surface area contributed by atoms with E-state index in [-0.39, 0.29) is 0 Å². The predicted molar refractivity (Wildman–Crippen MR) is 58.9 cm³/mol. The lowest BCUT2D eigenvalue weighted by molar-refractivity contribution is 0.311. The zero-order valence-electron chi connectivity index (χ0n) is 9.64. The molecule has 3 unspecified atom stereocenters. The molecule has 0 aromatic carbocycles. The minimum Gasteiger partial charge on any atom is -0.311 e. The molecule has 1 N–H and O–H groups in total. The van der Waals surface area contributed by atoms with Crippen LogP contribution in [0.25, 0.3) is 0 Å². The van der Waals surface area contributed by atoms with E-state index in [0.29, 0.717) is 0 Å². The number of nitrogens with one attached hydrogen (secondary N) is 1. The standard InChI is InChI=1S/C12H25N/c1-5-11(9(2)3)13-12-8-6-7-10(12)4/h9-13H,5-8H2,1-4H3. The fraction of sp³-hybridized carbons (Fsp3) is 1.00. The topological polar surface area (TPSA) is 12.0 Å². The van der Waals surface area contributed by atoms with Crippen molar-refractivity contribution in [3.05, 3.63) is 0 Å². The molecule has 0 heterocycles. The third-order valence-corrected chi connectivity index (χ3v) is 3.53. The van der Waals surface area contributed by atoms with E-state index in [0.717, 1.165) is 23.9 Å². The molecule has 0 radical (unpaired) electrons. The van der Waals surface area contributed by atoms with Crippen LogP contribution in [0.1, 0.15) is 53.4 Å². The molecule has 0 aromatic rings. The van der Waals surface area contributed by atoms with Crippen LogP contribution in [0.4, 0.5) is 0 Å². The predicted octanol–water partition coefficient (Wildman–Crippen LogP) is 3.20. The number of hydrogen-bond acceptors (Lipinski definition) is 1. The highest BCUT2D eigenvalue weighted by molar-refractivity contribution is 4.84. The highest BCUT2D eigenvalue weighted by Crippen LogP contribution is 2.26. The molecule has 1 saturated carbocycles. The summed E-state index contributed by atoms with van der Waals surface area (Å²) in [4.78, 5) is 0. The van der Waals surface area contributed by atoms with E-state index in [9.17, 15) is 0 Å². The van der Waals surface area contributed by atoms with Crippen molar-refractivity contribution >= 4 is 0 Å². The van der Waals surface area contributed by atoms with Crippen LogP contribution in [0.15, 0.2) is 0 Å². The van der Waals surface area contributed by atoms with Crippen molar-refractivity contribution in [3.8, 4) is 0 Å². The highest BCUT2D eigenvalue weighted by Gasteiger charge is 2.25. The van der Waals surface area contributed by atoms with Gasteiger partial charge in [-0.1, -0.05) is 34.1 Å². The first-order valence-electron chi connectivity index (χ1n) is 5.91. The summed E-state index contributed by atoms with van der Waals surface area (Å²) in [5.74, 6) is 1.67. The lowest BCUT2D eigenvalue weighted by Crippen LogP contribution is -2.42. The van der Waals surface area contributed by atoms with E-state index in [1.165, 1.54) is 25.7 Å². The Balaban J connectivity index is 2.36. The molecular weight excluding hydrogens is 158 g/mol. The third kappa shape index (κ3) is 2.98. The molecule has 1 aliphatic rings. The second kappa shape index (κ2) is 4.99. The van der Waals surface area contributed by atoms with Crippen molar-refractivity contribution in [2.45, 2.75) is 65.5 Å². The molecule has 1 aliphatic carbocycles. The molecule has 1 heteroatoms. The van der Waals surface area contributed by atoms with Crippen LogP contribution < -0.4 is 5.32 Å². The summed E-state index contributed by atoms with van der Waals surface area (Å²) >= 11 is 0. The van der Waals surface area contributed by atoms with Crippen LogP contribution in [0.3, 0.4) is 0 Å². The van der Waals surface area contributed by atoms with Crippen molar-refractivity contribution in [1.82, 2.24) is 5.32 Å². The molecule has 78 valence electrons. The SMILES string of the molecule is CCC(NC1CCCC1C)C(C)C.